The maximum absolute atomic E-state index is 11.9. The lowest BCUT2D eigenvalue weighted by Gasteiger charge is -2.45. The molecular formula is C22H27N3O. The van der Waals surface area contributed by atoms with Crippen molar-refractivity contribution >= 4 is 5.91 Å². The number of hydrogen-bond donors (Lipinski definition) is 2. The number of nitrogens with zero attached hydrogens (tertiary/aromatic N) is 1. The topological polar surface area (TPSA) is 44.4 Å². The fraction of sp³-hybridized carbons (Fsp3) is 0.409. The monoisotopic (exact) mass is 349 g/mol. The van der Waals surface area contributed by atoms with Crippen LogP contribution in [0.1, 0.15) is 30.5 Å². The molecule has 0 aromatic heterocycles. The zero-order valence-corrected chi connectivity index (χ0v) is 15.3. The molecule has 4 heteroatoms. The second-order valence-electron chi connectivity index (χ2n) is 7.68. The van der Waals surface area contributed by atoms with Crippen molar-refractivity contribution in [1.82, 2.24) is 15.5 Å². The molecule has 2 N–H and O–H groups in total. The summed E-state index contributed by atoms with van der Waals surface area (Å²) in [5.41, 5.74) is 2.52. The molecule has 0 bridgehead atoms. The number of nitrogens with one attached hydrogen (secondary N) is 2. The van der Waals surface area contributed by atoms with Crippen LogP contribution in [0.2, 0.25) is 0 Å². The summed E-state index contributed by atoms with van der Waals surface area (Å²) in [7, 11) is 0. The summed E-state index contributed by atoms with van der Waals surface area (Å²) in [5, 5.41) is 7.02. The summed E-state index contributed by atoms with van der Waals surface area (Å²) in [6.45, 7) is 5.44. The van der Waals surface area contributed by atoms with Crippen LogP contribution in [0, 0.1) is 5.92 Å². The zero-order chi connectivity index (χ0) is 18.0. The van der Waals surface area contributed by atoms with E-state index in [-0.39, 0.29) is 17.5 Å². The quantitative estimate of drug-likeness (QED) is 0.892. The third-order valence-electron chi connectivity index (χ3n) is 5.91. The van der Waals surface area contributed by atoms with Crippen LogP contribution in [0.4, 0.5) is 0 Å². The number of fused-ring (bicyclic) bond motifs is 1. The van der Waals surface area contributed by atoms with Crippen LogP contribution < -0.4 is 10.6 Å². The van der Waals surface area contributed by atoms with Crippen LogP contribution >= 0.6 is 0 Å². The fourth-order valence-electron chi connectivity index (χ4n) is 4.71. The average Bonchev–Trinajstić information content (AvgIpc) is 3.01. The molecule has 0 spiro atoms. The number of rotatable bonds is 4. The summed E-state index contributed by atoms with van der Waals surface area (Å²) in [6, 6.07) is 21.6. The van der Waals surface area contributed by atoms with Gasteiger partial charge in [0.15, 0.2) is 0 Å². The zero-order valence-electron chi connectivity index (χ0n) is 15.3. The molecule has 136 valence electrons. The molecule has 4 nitrogen and oxygen atoms in total. The smallest absolute Gasteiger partial charge is 0.217 e. The SMILES string of the molecule is CC(=O)N[C@]12CCN(Cc3ccccc3)CC1[C@H](c1ccccc1)NC2. The Balaban J connectivity index is 1.58. The van der Waals surface area contributed by atoms with Gasteiger partial charge in [-0.3, -0.25) is 9.69 Å². The van der Waals surface area contributed by atoms with Crippen LogP contribution in [0.15, 0.2) is 60.7 Å². The molecular weight excluding hydrogens is 322 g/mol. The van der Waals surface area contributed by atoms with Crippen molar-refractivity contribution in [2.24, 2.45) is 5.92 Å². The molecule has 2 aliphatic heterocycles. The lowest BCUT2D eigenvalue weighted by atomic mass is 9.75. The number of likely N-dealkylation sites (tertiary alicyclic amines) is 1. The first-order valence-corrected chi connectivity index (χ1v) is 9.50. The van der Waals surface area contributed by atoms with Gasteiger partial charge in [-0.05, 0) is 17.5 Å². The third-order valence-corrected chi connectivity index (χ3v) is 5.91. The molecule has 4 rings (SSSR count). The van der Waals surface area contributed by atoms with Crippen LogP contribution in [0.25, 0.3) is 0 Å². The Labute approximate surface area is 155 Å². The molecule has 1 amide bonds. The predicted molar refractivity (Wildman–Crippen MR) is 104 cm³/mol. The molecule has 2 aromatic carbocycles. The second kappa shape index (κ2) is 7.22. The molecule has 2 saturated heterocycles. The van der Waals surface area contributed by atoms with Crippen molar-refractivity contribution in [3.05, 3.63) is 71.8 Å². The summed E-state index contributed by atoms with van der Waals surface area (Å²) >= 11 is 0. The second-order valence-corrected chi connectivity index (χ2v) is 7.68. The van der Waals surface area contributed by atoms with Gasteiger partial charge in [0, 0.05) is 45.1 Å². The highest BCUT2D eigenvalue weighted by molar-refractivity contribution is 5.74. The number of carbonyl (C=O) groups excluding carboxylic acids is 1. The molecule has 2 aromatic rings. The maximum Gasteiger partial charge on any atom is 0.217 e. The Morgan fingerprint density at radius 2 is 1.85 bits per heavy atom. The van der Waals surface area contributed by atoms with Crippen molar-refractivity contribution in [2.45, 2.75) is 31.5 Å². The Morgan fingerprint density at radius 3 is 2.54 bits per heavy atom. The number of carbonyl (C=O) groups is 1. The van der Waals surface area contributed by atoms with Gasteiger partial charge in [-0.1, -0.05) is 60.7 Å². The van der Waals surface area contributed by atoms with E-state index < -0.39 is 0 Å². The van der Waals surface area contributed by atoms with E-state index in [0.29, 0.717) is 5.92 Å². The van der Waals surface area contributed by atoms with Gasteiger partial charge in [-0.2, -0.15) is 0 Å². The predicted octanol–water partition coefficient (Wildman–Crippen LogP) is 2.73. The Hall–Kier alpha value is -2.17. The van der Waals surface area contributed by atoms with E-state index in [0.717, 1.165) is 32.6 Å². The molecule has 2 fully saturated rings. The summed E-state index contributed by atoms with van der Waals surface area (Å²) in [5.74, 6) is 0.438. The van der Waals surface area contributed by atoms with Gasteiger partial charge < -0.3 is 10.6 Å². The lowest BCUT2D eigenvalue weighted by Crippen LogP contribution is -2.60. The minimum atomic E-state index is -0.139. The van der Waals surface area contributed by atoms with E-state index >= 15 is 0 Å². The first kappa shape index (κ1) is 17.3. The molecule has 26 heavy (non-hydrogen) atoms. The summed E-state index contributed by atoms with van der Waals surface area (Å²) in [4.78, 5) is 14.4. The number of benzene rings is 2. The molecule has 2 aliphatic rings. The molecule has 0 radical (unpaired) electrons. The molecule has 1 unspecified atom stereocenters. The third kappa shape index (κ3) is 3.39. The Kier molecular flexibility index (Phi) is 4.79. The minimum Gasteiger partial charge on any atom is -0.349 e. The van der Waals surface area contributed by atoms with Gasteiger partial charge >= 0.3 is 0 Å². The highest BCUT2D eigenvalue weighted by Crippen LogP contribution is 2.42. The highest BCUT2D eigenvalue weighted by Gasteiger charge is 2.51. The Bertz CT molecular complexity index is 748. The van der Waals surface area contributed by atoms with Crippen LogP contribution in [0.3, 0.4) is 0 Å². The number of amides is 1. The molecule has 0 saturated carbocycles. The molecule has 3 atom stereocenters. The number of hydrogen-bond acceptors (Lipinski definition) is 3. The van der Waals surface area contributed by atoms with Crippen molar-refractivity contribution in [3.63, 3.8) is 0 Å². The van der Waals surface area contributed by atoms with Gasteiger partial charge in [-0.15, -0.1) is 0 Å². The number of piperidine rings is 1. The summed E-state index contributed by atoms with van der Waals surface area (Å²) in [6.07, 6.45) is 0.987. The Morgan fingerprint density at radius 1 is 1.15 bits per heavy atom. The lowest BCUT2D eigenvalue weighted by molar-refractivity contribution is -0.122. The van der Waals surface area contributed by atoms with Gasteiger partial charge in [0.25, 0.3) is 0 Å². The van der Waals surface area contributed by atoms with Crippen LogP contribution in [-0.4, -0.2) is 36.0 Å². The van der Waals surface area contributed by atoms with Crippen LogP contribution in [0.5, 0.6) is 0 Å². The van der Waals surface area contributed by atoms with Crippen molar-refractivity contribution in [1.29, 1.82) is 0 Å². The van der Waals surface area contributed by atoms with E-state index in [1.54, 1.807) is 6.92 Å². The van der Waals surface area contributed by atoms with Gasteiger partial charge in [0.1, 0.15) is 0 Å². The summed E-state index contributed by atoms with van der Waals surface area (Å²) < 4.78 is 0. The van der Waals surface area contributed by atoms with Gasteiger partial charge in [0.05, 0.1) is 5.54 Å². The minimum absolute atomic E-state index is 0.0713. The first-order valence-electron chi connectivity index (χ1n) is 9.50. The first-order chi connectivity index (χ1) is 12.7. The average molecular weight is 349 g/mol. The highest BCUT2D eigenvalue weighted by atomic mass is 16.1. The van der Waals surface area contributed by atoms with E-state index in [1.807, 2.05) is 0 Å². The van der Waals surface area contributed by atoms with E-state index in [1.165, 1.54) is 11.1 Å². The van der Waals surface area contributed by atoms with Crippen molar-refractivity contribution in [2.75, 3.05) is 19.6 Å². The largest absolute Gasteiger partial charge is 0.349 e. The maximum atomic E-state index is 11.9. The van der Waals surface area contributed by atoms with E-state index in [9.17, 15) is 4.79 Å². The van der Waals surface area contributed by atoms with Crippen LogP contribution in [-0.2, 0) is 11.3 Å². The fourth-order valence-corrected chi connectivity index (χ4v) is 4.71. The molecule has 2 heterocycles. The standard InChI is InChI=1S/C22H27N3O/c1-17(26)24-22-12-13-25(14-18-8-4-2-5-9-18)15-20(22)21(23-16-22)19-10-6-3-7-11-19/h2-11,20-21,23H,12-16H2,1H3,(H,24,26)/t20?,21-,22-/m0/s1. The van der Waals surface area contributed by atoms with Gasteiger partial charge in [-0.25, -0.2) is 0 Å². The van der Waals surface area contributed by atoms with Crippen molar-refractivity contribution in [3.8, 4) is 0 Å². The van der Waals surface area contributed by atoms with E-state index in [2.05, 4.69) is 76.2 Å². The van der Waals surface area contributed by atoms with Crippen molar-refractivity contribution < 1.29 is 4.79 Å². The van der Waals surface area contributed by atoms with E-state index in [4.69, 9.17) is 0 Å². The normalized spacial score (nSPS) is 28.5. The molecule has 0 aliphatic carbocycles. The van der Waals surface area contributed by atoms with Gasteiger partial charge in [0.2, 0.25) is 5.91 Å².